The van der Waals surface area contributed by atoms with Crippen molar-refractivity contribution in [3.63, 3.8) is 0 Å². The average molecular weight is 374 g/mol. The number of hydrogen-bond acceptors (Lipinski definition) is 4. The van der Waals surface area contributed by atoms with Crippen molar-refractivity contribution in [2.24, 2.45) is 0 Å². The standard InChI is InChI=1S/C16H26ClNO.C2H2O4/c1-5-6-9-18-10-11-19-15-8-7-13(17)12-14(15)16(2,3)4;3-1(4)2(5)6/h7-8,12,18H,5-6,9-11H2,1-4H3;(H,3,4)(H,5,6). The zero-order valence-electron chi connectivity index (χ0n) is 15.3. The number of hydrogen-bond donors (Lipinski definition) is 3. The van der Waals surface area contributed by atoms with Crippen LogP contribution in [0.15, 0.2) is 18.2 Å². The summed E-state index contributed by atoms with van der Waals surface area (Å²) in [6.45, 7) is 11.3. The van der Waals surface area contributed by atoms with Crippen LogP contribution in [0.2, 0.25) is 5.02 Å². The van der Waals surface area contributed by atoms with E-state index in [0.717, 1.165) is 29.4 Å². The number of benzene rings is 1. The summed E-state index contributed by atoms with van der Waals surface area (Å²) in [4.78, 5) is 18.2. The predicted molar refractivity (Wildman–Crippen MR) is 98.7 cm³/mol. The Kier molecular flexibility index (Phi) is 10.9. The first kappa shape index (κ1) is 23.2. The summed E-state index contributed by atoms with van der Waals surface area (Å²) >= 11 is 6.07. The first-order valence-corrected chi connectivity index (χ1v) is 8.57. The molecule has 0 amide bonds. The summed E-state index contributed by atoms with van der Waals surface area (Å²) in [5, 5.41) is 18.9. The molecule has 1 aromatic carbocycles. The van der Waals surface area contributed by atoms with Crippen LogP contribution in [0.1, 0.15) is 46.1 Å². The molecule has 25 heavy (non-hydrogen) atoms. The van der Waals surface area contributed by atoms with E-state index in [-0.39, 0.29) is 5.41 Å². The maximum absolute atomic E-state index is 9.10. The number of rotatable bonds is 7. The molecule has 6 nitrogen and oxygen atoms in total. The first-order valence-electron chi connectivity index (χ1n) is 8.19. The summed E-state index contributed by atoms with van der Waals surface area (Å²) in [5.41, 5.74) is 1.20. The van der Waals surface area contributed by atoms with Crippen molar-refractivity contribution in [1.82, 2.24) is 5.32 Å². The number of carboxylic acids is 2. The van der Waals surface area contributed by atoms with Gasteiger partial charge in [0.25, 0.3) is 0 Å². The Morgan fingerprint density at radius 2 is 1.76 bits per heavy atom. The third-order valence-electron chi connectivity index (χ3n) is 3.18. The summed E-state index contributed by atoms with van der Waals surface area (Å²) < 4.78 is 5.88. The molecule has 142 valence electrons. The Morgan fingerprint density at radius 3 is 2.24 bits per heavy atom. The highest BCUT2D eigenvalue weighted by molar-refractivity contribution is 6.30. The molecule has 0 heterocycles. The van der Waals surface area contributed by atoms with E-state index in [2.05, 4.69) is 33.0 Å². The molecule has 0 aliphatic rings. The van der Waals surface area contributed by atoms with E-state index < -0.39 is 11.9 Å². The van der Waals surface area contributed by atoms with Gasteiger partial charge in [0.05, 0.1) is 0 Å². The van der Waals surface area contributed by atoms with Gasteiger partial charge in [-0.05, 0) is 36.6 Å². The number of unbranched alkanes of at least 4 members (excludes halogenated alkanes) is 1. The highest BCUT2D eigenvalue weighted by Gasteiger charge is 2.19. The van der Waals surface area contributed by atoms with Crippen molar-refractivity contribution in [2.45, 2.75) is 46.0 Å². The molecule has 7 heteroatoms. The summed E-state index contributed by atoms with van der Waals surface area (Å²) in [6.07, 6.45) is 2.44. The maximum atomic E-state index is 9.10. The van der Waals surface area contributed by atoms with E-state index in [1.54, 1.807) is 0 Å². The molecule has 0 radical (unpaired) electrons. The molecule has 0 atom stereocenters. The van der Waals surface area contributed by atoms with Crippen LogP contribution >= 0.6 is 11.6 Å². The SMILES string of the molecule is CCCCNCCOc1ccc(Cl)cc1C(C)(C)C.O=C(O)C(=O)O. The maximum Gasteiger partial charge on any atom is 0.414 e. The van der Waals surface area contributed by atoms with Crippen LogP contribution in [-0.4, -0.2) is 41.8 Å². The Labute approximate surface area is 154 Å². The zero-order valence-corrected chi connectivity index (χ0v) is 16.0. The van der Waals surface area contributed by atoms with Gasteiger partial charge in [-0.2, -0.15) is 0 Å². The van der Waals surface area contributed by atoms with Crippen LogP contribution in [0.3, 0.4) is 0 Å². The lowest BCUT2D eigenvalue weighted by atomic mass is 9.86. The topological polar surface area (TPSA) is 95.9 Å². The molecule has 0 aromatic heterocycles. The predicted octanol–water partition coefficient (Wildman–Crippen LogP) is 3.56. The average Bonchev–Trinajstić information content (AvgIpc) is 2.51. The molecule has 1 aromatic rings. The van der Waals surface area contributed by atoms with Crippen molar-refractivity contribution < 1.29 is 24.5 Å². The van der Waals surface area contributed by atoms with Crippen molar-refractivity contribution >= 4 is 23.5 Å². The van der Waals surface area contributed by atoms with Crippen molar-refractivity contribution in [3.05, 3.63) is 28.8 Å². The van der Waals surface area contributed by atoms with E-state index in [1.807, 2.05) is 18.2 Å². The minimum atomic E-state index is -1.82. The van der Waals surface area contributed by atoms with Crippen molar-refractivity contribution in [1.29, 1.82) is 0 Å². The fraction of sp³-hybridized carbons (Fsp3) is 0.556. The largest absolute Gasteiger partial charge is 0.492 e. The minimum absolute atomic E-state index is 0.0376. The van der Waals surface area contributed by atoms with Crippen LogP contribution < -0.4 is 10.1 Å². The molecule has 0 spiro atoms. The van der Waals surface area contributed by atoms with Gasteiger partial charge in [0.15, 0.2) is 0 Å². The van der Waals surface area contributed by atoms with Gasteiger partial charge >= 0.3 is 11.9 Å². The fourth-order valence-electron chi connectivity index (χ4n) is 1.87. The van der Waals surface area contributed by atoms with Crippen LogP contribution in [-0.2, 0) is 15.0 Å². The summed E-state index contributed by atoms with van der Waals surface area (Å²) in [5.74, 6) is -2.71. The van der Waals surface area contributed by atoms with Crippen LogP contribution in [0.25, 0.3) is 0 Å². The molecule has 3 N–H and O–H groups in total. The lowest BCUT2D eigenvalue weighted by Gasteiger charge is -2.23. The first-order chi connectivity index (χ1) is 11.6. The molecule has 1 rings (SSSR count). The molecule has 0 bridgehead atoms. The molecule has 0 unspecified atom stereocenters. The van der Waals surface area contributed by atoms with E-state index in [9.17, 15) is 0 Å². The monoisotopic (exact) mass is 373 g/mol. The smallest absolute Gasteiger partial charge is 0.414 e. The van der Waals surface area contributed by atoms with Crippen LogP contribution in [0.5, 0.6) is 5.75 Å². The molecule has 0 saturated heterocycles. The summed E-state index contributed by atoms with van der Waals surface area (Å²) in [6, 6.07) is 5.85. The van der Waals surface area contributed by atoms with Gasteiger partial charge in [-0.1, -0.05) is 45.7 Å². The van der Waals surface area contributed by atoms with Gasteiger partial charge < -0.3 is 20.3 Å². The lowest BCUT2D eigenvalue weighted by molar-refractivity contribution is -0.159. The van der Waals surface area contributed by atoms with Gasteiger partial charge in [-0.3, -0.25) is 0 Å². The van der Waals surface area contributed by atoms with Crippen LogP contribution in [0, 0.1) is 0 Å². The Morgan fingerprint density at radius 1 is 1.16 bits per heavy atom. The number of carbonyl (C=O) groups is 2. The number of ether oxygens (including phenoxy) is 1. The number of carboxylic acid groups (broad SMARTS) is 2. The molecular formula is C18H28ClNO5. The number of nitrogens with one attached hydrogen (secondary N) is 1. The number of halogens is 1. The minimum Gasteiger partial charge on any atom is -0.492 e. The van der Waals surface area contributed by atoms with Gasteiger partial charge in [0.2, 0.25) is 0 Å². The van der Waals surface area contributed by atoms with E-state index in [4.69, 9.17) is 36.1 Å². The van der Waals surface area contributed by atoms with E-state index in [0.29, 0.717) is 6.61 Å². The normalized spacial score (nSPS) is 10.6. The second-order valence-electron chi connectivity index (χ2n) is 6.45. The van der Waals surface area contributed by atoms with Gasteiger partial charge in [-0.15, -0.1) is 0 Å². The highest BCUT2D eigenvalue weighted by Crippen LogP contribution is 2.33. The van der Waals surface area contributed by atoms with E-state index >= 15 is 0 Å². The molecular weight excluding hydrogens is 346 g/mol. The van der Waals surface area contributed by atoms with Crippen molar-refractivity contribution in [3.8, 4) is 5.75 Å². The Bertz CT molecular complexity index is 543. The fourth-order valence-corrected chi connectivity index (χ4v) is 2.05. The second kappa shape index (κ2) is 11.7. The molecule has 0 fully saturated rings. The summed E-state index contributed by atoms with van der Waals surface area (Å²) in [7, 11) is 0. The van der Waals surface area contributed by atoms with Gasteiger partial charge in [0, 0.05) is 17.1 Å². The van der Waals surface area contributed by atoms with Gasteiger partial charge in [0.1, 0.15) is 12.4 Å². The highest BCUT2D eigenvalue weighted by atomic mass is 35.5. The zero-order chi connectivity index (χ0) is 19.5. The Balaban J connectivity index is 0.000000823. The molecule has 0 aliphatic heterocycles. The third-order valence-corrected chi connectivity index (χ3v) is 3.41. The number of aliphatic carboxylic acids is 2. The quantitative estimate of drug-likeness (QED) is 0.499. The molecule has 0 aliphatic carbocycles. The Hall–Kier alpha value is -1.79. The van der Waals surface area contributed by atoms with E-state index in [1.165, 1.54) is 12.8 Å². The second-order valence-corrected chi connectivity index (χ2v) is 6.89. The third kappa shape index (κ3) is 10.6. The lowest BCUT2D eigenvalue weighted by Crippen LogP contribution is -2.23. The van der Waals surface area contributed by atoms with Gasteiger partial charge in [-0.25, -0.2) is 9.59 Å². The van der Waals surface area contributed by atoms with Crippen LogP contribution in [0.4, 0.5) is 0 Å². The van der Waals surface area contributed by atoms with Crippen molar-refractivity contribution in [2.75, 3.05) is 19.7 Å². The molecule has 0 saturated carbocycles.